The quantitative estimate of drug-likeness (QED) is 0.842. The first kappa shape index (κ1) is 10.2. The molecule has 86 valence electrons. The molecule has 0 aromatic heterocycles. The predicted octanol–water partition coefficient (Wildman–Crippen LogP) is 2.22. The van der Waals surface area contributed by atoms with E-state index in [0.29, 0.717) is 0 Å². The van der Waals surface area contributed by atoms with Gasteiger partial charge in [0.05, 0.1) is 7.11 Å². The van der Waals surface area contributed by atoms with Gasteiger partial charge in [-0.25, -0.2) is 0 Å². The average Bonchev–Trinajstić information content (AvgIpc) is 2.82. The molecule has 2 heteroatoms. The Morgan fingerprint density at radius 3 is 2.56 bits per heavy atom. The minimum Gasteiger partial charge on any atom is -0.496 e. The molecular weight excluding hydrogens is 198 g/mol. The summed E-state index contributed by atoms with van der Waals surface area (Å²) in [6.07, 6.45) is 7.02. The van der Waals surface area contributed by atoms with Crippen molar-refractivity contribution in [1.29, 1.82) is 0 Å². The Morgan fingerprint density at radius 2 is 1.94 bits per heavy atom. The second-order valence-electron chi connectivity index (χ2n) is 5.33. The van der Waals surface area contributed by atoms with E-state index in [2.05, 4.69) is 12.1 Å². The van der Waals surface area contributed by atoms with Gasteiger partial charge in [0.1, 0.15) is 5.75 Å². The molecule has 0 radical (unpaired) electrons. The maximum atomic E-state index is 6.19. The summed E-state index contributed by atoms with van der Waals surface area (Å²) in [5, 5.41) is 0. The molecule has 0 bridgehead atoms. The lowest BCUT2D eigenvalue weighted by atomic mass is 9.99. The Balaban J connectivity index is 1.95. The minimum atomic E-state index is 0.0696. The molecule has 0 atom stereocenters. The van der Waals surface area contributed by atoms with E-state index >= 15 is 0 Å². The molecular formula is C14H19NO. The Hall–Kier alpha value is -1.02. The number of rotatable bonds is 3. The number of benzene rings is 1. The van der Waals surface area contributed by atoms with Crippen LogP contribution < -0.4 is 10.5 Å². The van der Waals surface area contributed by atoms with Crippen LogP contribution in [0.25, 0.3) is 0 Å². The van der Waals surface area contributed by atoms with E-state index < -0.39 is 0 Å². The molecule has 16 heavy (non-hydrogen) atoms. The van der Waals surface area contributed by atoms with Gasteiger partial charge in [0.25, 0.3) is 0 Å². The van der Waals surface area contributed by atoms with Gasteiger partial charge in [-0.1, -0.05) is 6.07 Å². The van der Waals surface area contributed by atoms with Gasteiger partial charge in [0.15, 0.2) is 0 Å². The third-order valence-corrected chi connectivity index (χ3v) is 3.93. The molecule has 2 aliphatic carbocycles. The molecule has 1 aromatic carbocycles. The number of nitrogens with two attached hydrogens (primary N) is 1. The molecule has 0 heterocycles. The lowest BCUT2D eigenvalue weighted by Gasteiger charge is -2.14. The maximum absolute atomic E-state index is 6.19. The van der Waals surface area contributed by atoms with Crippen molar-refractivity contribution in [2.24, 2.45) is 5.73 Å². The number of hydrogen-bond acceptors (Lipinski definition) is 2. The highest BCUT2D eigenvalue weighted by Crippen LogP contribution is 2.39. The van der Waals surface area contributed by atoms with E-state index in [0.717, 1.165) is 25.0 Å². The largest absolute Gasteiger partial charge is 0.496 e. The molecule has 0 amide bonds. The molecule has 0 spiro atoms. The molecule has 2 aliphatic rings. The van der Waals surface area contributed by atoms with Crippen LogP contribution in [0.4, 0.5) is 0 Å². The fraction of sp³-hybridized carbons (Fsp3) is 0.571. The second-order valence-corrected chi connectivity index (χ2v) is 5.33. The molecule has 1 aromatic rings. The van der Waals surface area contributed by atoms with E-state index in [1.54, 1.807) is 7.11 Å². The first-order chi connectivity index (χ1) is 7.70. The first-order valence-electron chi connectivity index (χ1n) is 6.18. The zero-order valence-electron chi connectivity index (χ0n) is 9.88. The summed E-state index contributed by atoms with van der Waals surface area (Å²) in [4.78, 5) is 0. The molecule has 0 unspecified atom stereocenters. The molecule has 1 fully saturated rings. The molecule has 3 rings (SSSR count). The summed E-state index contributed by atoms with van der Waals surface area (Å²) in [6.45, 7) is 0. The molecule has 2 N–H and O–H groups in total. The van der Waals surface area contributed by atoms with Gasteiger partial charge in [0, 0.05) is 5.54 Å². The van der Waals surface area contributed by atoms with Crippen molar-refractivity contribution in [3.05, 3.63) is 28.8 Å². The van der Waals surface area contributed by atoms with Crippen LogP contribution in [0.15, 0.2) is 12.1 Å². The first-order valence-corrected chi connectivity index (χ1v) is 6.18. The van der Waals surface area contributed by atoms with Crippen LogP contribution in [0.2, 0.25) is 0 Å². The molecule has 0 saturated heterocycles. The Bertz CT molecular complexity index is 421. The highest BCUT2D eigenvalue weighted by Gasteiger charge is 2.38. The van der Waals surface area contributed by atoms with E-state index in [-0.39, 0.29) is 5.54 Å². The smallest absolute Gasteiger partial charge is 0.122 e. The number of aryl methyl sites for hydroxylation is 2. The highest BCUT2D eigenvalue weighted by atomic mass is 16.5. The van der Waals surface area contributed by atoms with Crippen molar-refractivity contribution in [1.82, 2.24) is 0 Å². The van der Waals surface area contributed by atoms with Crippen LogP contribution in [0.3, 0.4) is 0 Å². The lowest BCUT2D eigenvalue weighted by Crippen LogP contribution is -2.24. The summed E-state index contributed by atoms with van der Waals surface area (Å²) in [6, 6.07) is 4.55. The van der Waals surface area contributed by atoms with Gasteiger partial charge >= 0.3 is 0 Å². The summed E-state index contributed by atoms with van der Waals surface area (Å²) < 4.78 is 5.49. The molecule has 0 aliphatic heterocycles. The van der Waals surface area contributed by atoms with E-state index in [1.165, 1.54) is 36.0 Å². The van der Waals surface area contributed by atoms with Crippen molar-refractivity contribution >= 4 is 0 Å². The Kier molecular flexibility index (Phi) is 2.21. The fourth-order valence-corrected chi connectivity index (χ4v) is 2.70. The van der Waals surface area contributed by atoms with Crippen molar-refractivity contribution < 1.29 is 4.74 Å². The lowest BCUT2D eigenvalue weighted by molar-refractivity contribution is 0.407. The third-order valence-electron chi connectivity index (χ3n) is 3.93. The maximum Gasteiger partial charge on any atom is 0.122 e. The van der Waals surface area contributed by atoms with Gasteiger partial charge in [-0.2, -0.15) is 0 Å². The third kappa shape index (κ3) is 1.71. The van der Waals surface area contributed by atoms with Crippen LogP contribution in [-0.2, 0) is 19.3 Å². The second kappa shape index (κ2) is 3.49. The van der Waals surface area contributed by atoms with E-state index in [4.69, 9.17) is 10.5 Å². The van der Waals surface area contributed by atoms with Gasteiger partial charge in [-0.05, 0) is 61.3 Å². The Labute approximate surface area is 96.8 Å². The van der Waals surface area contributed by atoms with Crippen molar-refractivity contribution in [3.8, 4) is 5.75 Å². The standard InChI is InChI=1S/C14H19NO/c1-16-13-8-11-4-2-3-10(11)7-12(13)9-14(15)5-6-14/h7-8H,2-6,9,15H2,1H3. The number of hydrogen-bond donors (Lipinski definition) is 1. The van der Waals surface area contributed by atoms with Crippen molar-refractivity contribution in [2.45, 2.75) is 44.1 Å². The van der Waals surface area contributed by atoms with Gasteiger partial charge in [-0.3, -0.25) is 0 Å². The van der Waals surface area contributed by atoms with E-state index in [1.807, 2.05) is 0 Å². The van der Waals surface area contributed by atoms with Crippen molar-refractivity contribution in [2.75, 3.05) is 7.11 Å². The van der Waals surface area contributed by atoms with Crippen LogP contribution in [-0.4, -0.2) is 12.6 Å². The van der Waals surface area contributed by atoms with Crippen LogP contribution in [0.1, 0.15) is 36.0 Å². The zero-order chi connectivity index (χ0) is 11.2. The van der Waals surface area contributed by atoms with Gasteiger partial charge in [-0.15, -0.1) is 0 Å². The highest BCUT2D eigenvalue weighted by molar-refractivity contribution is 5.46. The molecule has 1 saturated carbocycles. The zero-order valence-corrected chi connectivity index (χ0v) is 9.88. The minimum absolute atomic E-state index is 0.0696. The Morgan fingerprint density at radius 1 is 1.25 bits per heavy atom. The predicted molar refractivity (Wildman–Crippen MR) is 64.9 cm³/mol. The summed E-state index contributed by atoms with van der Waals surface area (Å²) >= 11 is 0. The van der Waals surface area contributed by atoms with Crippen molar-refractivity contribution in [3.63, 3.8) is 0 Å². The monoisotopic (exact) mass is 217 g/mol. The van der Waals surface area contributed by atoms with Crippen LogP contribution in [0.5, 0.6) is 5.75 Å². The number of methoxy groups -OCH3 is 1. The topological polar surface area (TPSA) is 35.2 Å². The normalized spacial score (nSPS) is 20.6. The summed E-state index contributed by atoms with van der Waals surface area (Å²) in [7, 11) is 1.76. The average molecular weight is 217 g/mol. The van der Waals surface area contributed by atoms with Gasteiger partial charge in [0.2, 0.25) is 0 Å². The summed E-state index contributed by atoms with van der Waals surface area (Å²) in [5.74, 6) is 1.04. The molecule has 2 nitrogen and oxygen atoms in total. The van der Waals surface area contributed by atoms with Crippen LogP contribution in [0, 0.1) is 0 Å². The fourth-order valence-electron chi connectivity index (χ4n) is 2.70. The number of ether oxygens (including phenoxy) is 1. The summed E-state index contributed by atoms with van der Waals surface area (Å²) in [5.41, 5.74) is 10.6. The van der Waals surface area contributed by atoms with Gasteiger partial charge < -0.3 is 10.5 Å². The SMILES string of the molecule is COc1cc2c(cc1CC1(N)CC1)CCC2. The number of fused-ring (bicyclic) bond motifs is 1. The van der Waals surface area contributed by atoms with Crippen LogP contribution >= 0.6 is 0 Å². The van der Waals surface area contributed by atoms with E-state index in [9.17, 15) is 0 Å².